The molecule has 180 valence electrons. The van der Waals surface area contributed by atoms with Gasteiger partial charge in [-0.25, -0.2) is 9.40 Å². The standard InChI is InChI=1S/C27H32FN3O3/c1-4-34-27(33)21-8-6-12-30(16-21)17-26(32)31-25(20-7-5-9-22(28)14-20)15-24(29-31)23-13-18(2)10-11-19(23)3/h5,7,9-11,13-14,21,25H,4,6,8,12,15-17H2,1-3H3/t21-,25-/m0/s1. The van der Waals surface area contributed by atoms with E-state index in [1.165, 1.54) is 17.1 Å². The third-order valence-corrected chi connectivity index (χ3v) is 6.59. The molecule has 1 amide bonds. The van der Waals surface area contributed by atoms with Crippen LogP contribution in [0.4, 0.5) is 4.39 Å². The number of benzene rings is 2. The van der Waals surface area contributed by atoms with Gasteiger partial charge in [0.05, 0.1) is 30.8 Å². The van der Waals surface area contributed by atoms with Crippen molar-refractivity contribution in [2.75, 3.05) is 26.2 Å². The number of carbonyl (C=O) groups is 2. The van der Waals surface area contributed by atoms with Crippen LogP contribution in [0.15, 0.2) is 47.6 Å². The zero-order valence-corrected chi connectivity index (χ0v) is 20.1. The third kappa shape index (κ3) is 5.36. The summed E-state index contributed by atoms with van der Waals surface area (Å²) in [6.07, 6.45) is 2.13. The molecule has 1 saturated heterocycles. The number of amides is 1. The molecule has 4 rings (SSSR count). The van der Waals surface area contributed by atoms with Gasteiger partial charge in [0.15, 0.2) is 0 Å². The maximum absolute atomic E-state index is 14.0. The molecule has 0 aliphatic carbocycles. The molecule has 0 bridgehead atoms. The molecule has 2 aliphatic rings. The van der Waals surface area contributed by atoms with Crippen molar-refractivity contribution in [1.82, 2.24) is 9.91 Å². The molecule has 1 fully saturated rings. The van der Waals surface area contributed by atoms with Crippen LogP contribution in [0, 0.1) is 25.6 Å². The van der Waals surface area contributed by atoms with E-state index in [1.54, 1.807) is 13.0 Å². The van der Waals surface area contributed by atoms with Gasteiger partial charge in [0.1, 0.15) is 5.82 Å². The van der Waals surface area contributed by atoms with Gasteiger partial charge >= 0.3 is 5.97 Å². The molecule has 6 nitrogen and oxygen atoms in total. The number of nitrogens with zero attached hydrogens (tertiary/aromatic N) is 3. The highest BCUT2D eigenvalue weighted by Gasteiger charge is 2.35. The Balaban J connectivity index is 1.57. The van der Waals surface area contributed by atoms with Crippen molar-refractivity contribution in [3.05, 3.63) is 70.5 Å². The zero-order valence-electron chi connectivity index (χ0n) is 20.1. The van der Waals surface area contributed by atoms with Gasteiger partial charge in [0.25, 0.3) is 5.91 Å². The number of ether oxygens (including phenoxy) is 1. The number of hydrazone groups is 1. The largest absolute Gasteiger partial charge is 0.466 e. The molecule has 34 heavy (non-hydrogen) atoms. The monoisotopic (exact) mass is 465 g/mol. The van der Waals surface area contributed by atoms with E-state index in [-0.39, 0.29) is 36.2 Å². The Hall–Kier alpha value is -3.06. The number of esters is 1. The number of halogens is 1. The minimum absolute atomic E-state index is 0.154. The number of aryl methyl sites for hydroxylation is 2. The SMILES string of the molecule is CCOC(=O)[C@H]1CCCN(CC(=O)N2N=C(c3cc(C)ccc3C)C[C@H]2c2cccc(F)c2)C1. The summed E-state index contributed by atoms with van der Waals surface area (Å²) in [5.41, 5.74) is 4.77. The summed E-state index contributed by atoms with van der Waals surface area (Å²) in [4.78, 5) is 27.7. The molecule has 2 aliphatic heterocycles. The molecule has 0 saturated carbocycles. The van der Waals surface area contributed by atoms with Gasteiger partial charge in [-0.2, -0.15) is 5.10 Å². The number of rotatable bonds is 6. The quantitative estimate of drug-likeness (QED) is 0.594. The van der Waals surface area contributed by atoms with Gasteiger partial charge in [-0.15, -0.1) is 0 Å². The van der Waals surface area contributed by atoms with E-state index in [9.17, 15) is 14.0 Å². The molecule has 2 atom stereocenters. The number of hydrogen-bond acceptors (Lipinski definition) is 5. The number of carbonyl (C=O) groups excluding carboxylic acids is 2. The average Bonchev–Trinajstić information content (AvgIpc) is 3.26. The van der Waals surface area contributed by atoms with E-state index < -0.39 is 0 Å². The first kappa shape index (κ1) is 24.1. The minimum Gasteiger partial charge on any atom is -0.466 e. The molecule has 0 aromatic heterocycles. The van der Waals surface area contributed by atoms with Crippen LogP contribution in [0.2, 0.25) is 0 Å². The van der Waals surface area contributed by atoms with Crippen LogP contribution >= 0.6 is 0 Å². The fourth-order valence-corrected chi connectivity index (χ4v) is 4.84. The molecule has 0 radical (unpaired) electrons. The summed E-state index contributed by atoms with van der Waals surface area (Å²) < 4.78 is 19.2. The highest BCUT2D eigenvalue weighted by molar-refractivity contribution is 6.04. The highest BCUT2D eigenvalue weighted by Crippen LogP contribution is 2.34. The van der Waals surface area contributed by atoms with Crippen LogP contribution in [0.25, 0.3) is 0 Å². The molecule has 0 N–H and O–H groups in total. The zero-order chi connectivity index (χ0) is 24.2. The van der Waals surface area contributed by atoms with Gasteiger partial charge in [-0.3, -0.25) is 14.5 Å². The predicted molar refractivity (Wildman–Crippen MR) is 129 cm³/mol. The van der Waals surface area contributed by atoms with Gasteiger partial charge in [0.2, 0.25) is 0 Å². The smallest absolute Gasteiger partial charge is 0.310 e. The summed E-state index contributed by atoms with van der Waals surface area (Å²) >= 11 is 0. The highest BCUT2D eigenvalue weighted by atomic mass is 19.1. The van der Waals surface area contributed by atoms with E-state index in [4.69, 9.17) is 9.84 Å². The Morgan fingerprint density at radius 1 is 1.18 bits per heavy atom. The fraction of sp³-hybridized carbons (Fsp3) is 0.444. The van der Waals surface area contributed by atoms with E-state index >= 15 is 0 Å². The van der Waals surface area contributed by atoms with E-state index in [2.05, 4.69) is 18.2 Å². The Kier molecular flexibility index (Phi) is 7.41. The lowest BCUT2D eigenvalue weighted by Gasteiger charge is -2.32. The van der Waals surface area contributed by atoms with Crippen LogP contribution in [0.3, 0.4) is 0 Å². The minimum atomic E-state index is -0.372. The first-order chi connectivity index (χ1) is 16.4. The van der Waals surface area contributed by atoms with Gasteiger partial charge in [0, 0.05) is 18.5 Å². The Morgan fingerprint density at radius 3 is 2.76 bits per heavy atom. The molecule has 2 heterocycles. The van der Waals surface area contributed by atoms with Crippen LogP contribution in [0.5, 0.6) is 0 Å². The normalized spacial score (nSPS) is 20.8. The van der Waals surface area contributed by atoms with E-state index in [1.807, 2.05) is 24.8 Å². The second kappa shape index (κ2) is 10.5. The van der Waals surface area contributed by atoms with Crippen LogP contribution < -0.4 is 0 Å². The summed E-state index contributed by atoms with van der Waals surface area (Å²) in [6.45, 7) is 7.61. The van der Waals surface area contributed by atoms with Crippen LogP contribution in [-0.2, 0) is 14.3 Å². The molecule has 2 aromatic carbocycles. The maximum atomic E-state index is 14.0. The second-order valence-electron chi connectivity index (χ2n) is 9.20. The van der Waals surface area contributed by atoms with Gasteiger partial charge in [-0.05, 0) is 69.5 Å². The first-order valence-corrected chi connectivity index (χ1v) is 12.0. The maximum Gasteiger partial charge on any atom is 0.310 e. The van der Waals surface area contributed by atoms with Crippen molar-refractivity contribution in [2.45, 2.75) is 46.1 Å². The summed E-state index contributed by atoms with van der Waals surface area (Å²) in [7, 11) is 0. The Morgan fingerprint density at radius 2 is 2.00 bits per heavy atom. The fourth-order valence-electron chi connectivity index (χ4n) is 4.84. The lowest BCUT2D eigenvalue weighted by Crippen LogP contribution is -2.44. The predicted octanol–water partition coefficient (Wildman–Crippen LogP) is 4.40. The van der Waals surface area contributed by atoms with Crippen molar-refractivity contribution >= 4 is 17.6 Å². The van der Waals surface area contributed by atoms with Crippen molar-refractivity contribution in [1.29, 1.82) is 0 Å². The molecular weight excluding hydrogens is 433 g/mol. The lowest BCUT2D eigenvalue weighted by atomic mass is 9.95. The average molecular weight is 466 g/mol. The van der Waals surface area contributed by atoms with E-state index in [0.717, 1.165) is 47.4 Å². The molecule has 7 heteroatoms. The van der Waals surface area contributed by atoms with Crippen molar-refractivity contribution in [3.8, 4) is 0 Å². The van der Waals surface area contributed by atoms with Crippen LogP contribution in [-0.4, -0.2) is 53.7 Å². The first-order valence-electron chi connectivity index (χ1n) is 12.0. The number of piperidine rings is 1. The topological polar surface area (TPSA) is 62.2 Å². The van der Waals surface area contributed by atoms with Crippen LogP contribution in [0.1, 0.15) is 54.5 Å². The lowest BCUT2D eigenvalue weighted by molar-refractivity contribution is -0.150. The third-order valence-electron chi connectivity index (χ3n) is 6.59. The Labute approximate surface area is 200 Å². The Bertz CT molecular complexity index is 1100. The second-order valence-corrected chi connectivity index (χ2v) is 9.20. The summed E-state index contributed by atoms with van der Waals surface area (Å²) in [5, 5.41) is 6.27. The van der Waals surface area contributed by atoms with Gasteiger partial charge < -0.3 is 4.74 Å². The van der Waals surface area contributed by atoms with Crippen molar-refractivity contribution in [3.63, 3.8) is 0 Å². The molecule has 0 unspecified atom stereocenters. The molecular formula is C27H32FN3O3. The summed E-state index contributed by atoms with van der Waals surface area (Å²) in [6, 6.07) is 12.2. The molecule has 0 spiro atoms. The number of hydrogen-bond donors (Lipinski definition) is 0. The van der Waals surface area contributed by atoms with Crippen molar-refractivity contribution in [2.24, 2.45) is 11.0 Å². The number of likely N-dealkylation sites (tertiary alicyclic amines) is 1. The molecule has 2 aromatic rings. The van der Waals surface area contributed by atoms with Gasteiger partial charge in [-0.1, -0.05) is 29.8 Å². The summed E-state index contributed by atoms with van der Waals surface area (Å²) in [5.74, 6) is -0.903. The van der Waals surface area contributed by atoms with Crippen molar-refractivity contribution < 1.29 is 18.7 Å². The van der Waals surface area contributed by atoms with E-state index in [0.29, 0.717) is 19.6 Å².